The van der Waals surface area contributed by atoms with E-state index in [0.717, 1.165) is 18.6 Å². The molecule has 4 unspecified atom stereocenters. The van der Waals surface area contributed by atoms with Crippen LogP contribution < -0.4 is 0 Å². The van der Waals surface area contributed by atoms with E-state index in [2.05, 4.69) is 6.58 Å². The van der Waals surface area contributed by atoms with Crippen molar-refractivity contribution in [3.8, 4) is 0 Å². The second-order valence-electron chi connectivity index (χ2n) is 5.86. The number of aliphatic hydroxyl groups is 1. The maximum absolute atomic E-state index is 11.8. The highest BCUT2D eigenvalue weighted by molar-refractivity contribution is 5.91. The van der Waals surface area contributed by atoms with E-state index in [1.165, 1.54) is 6.08 Å². The lowest BCUT2D eigenvalue weighted by Crippen LogP contribution is -2.31. The maximum Gasteiger partial charge on any atom is 0.331 e. The fraction of sp³-hybridized carbons (Fsp3) is 0.588. The van der Waals surface area contributed by atoms with Crippen LogP contribution in [0.4, 0.5) is 0 Å². The van der Waals surface area contributed by atoms with Gasteiger partial charge in [-0.25, -0.2) is 9.59 Å². The van der Waals surface area contributed by atoms with Crippen LogP contribution in [0.5, 0.6) is 0 Å². The number of carbonyl (C=O) groups is 2. The lowest BCUT2D eigenvalue weighted by molar-refractivity contribution is -0.148. The third kappa shape index (κ3) is 5.94. The van der Waals surface area contributed by atoms with Crippen LogP contribution in [0.1, 0.15) is 6.42 Å². The second kappa shape index (κ2) is 10.0. The molecule has 2 heterocycles. The number of hydrogen-bond donors (Lipinski definition) is 2. The normalized spacial score (nSPS) is 25.5. The molecule has 2 fully saturated rings. The first-order chi connectivity index (χ1) is 12.5. The number of aliphatic hydroxyl groups excluding tert-OH is 1. The molecular weight excluding hydrogens is 346 g/mol. The van der Waals surface area contributed by atoms with E-state index in [4.69, 9.17) is 29.1 Å². The summed E-state index contributed by atoms with van der Waals surface area (Å²) in [6.07, 6.45) is 3.15. The zero-order valence-electron chi connectivity index (χ0n) is 14.3. The van der Waals surface area contributed by atoms with Crippen LogP contribution in [-0.4, -0.2) is 74.3 Å². The van der Waals surface area contributed by atoms with Crippen LogP contribution >= 0.6 is 0 Å². The van der Waals surface area contributed by atoms with Crippen molar-refractivity contribution < 1.29 is 38.4 Å². The predicted octanol–water partition coefficient (Wildman–Crippen LogP) is -0.0263. The van der Waals surface area contributed by atoms with E-state index in [0.29, 0.717) is 6.61 Å². The van der Waals surface area contributed by atoms with Gasteiger partial charge >= 0.3 is 11.9 Å². The Labute approximate surface area is 151 Å². The summed E-state index contributed by atoms with van der Waals surface area (Å²) in [5.74, 6) is -2.07. The molecule has 0 spiro atoms. The van der Waals surface area contributed by atoms with Gasteiger partial charge in [-0.3, -0.25) is 5.41 Å². The Morgan fingerprint density at radius 2 is 1.96 bits per heavy atom. The minimum Gasteiger partial charge on any atom is -0.478 e. The molecule has 144 valence electrons. The van der Waals surface area contributed by atoms with E-state index >= 15 is 0 Å². The molecule has 0 aliphatic carbocycles. The van der Waals surface area contributed by atoms with Crippen molar-refractivity contribution in [2.75, 3.05) is 33.0 Å². The highest BCUT2D eigenvalue weighted by Gasteiger charge is 2.43. The monoisotopic (exact) mass is 369 g/mol. The predicted molar refractivity (Wildman–Crippen MR) is 88.5 cm³/mol. The highest BCUT2D eigenvalue weighted by atomic mass is 16.6. The molecule has 2 aliphatic heterocycles. The fourth-order valence-electron chi connectivity index (χ4n) is 2.52. The average Bonchev–Trinajstić information content (AvgIpc) is 3.25. The van der Waals surface area contributed by atoms with Crippen molar-refractivity contribution in [2.24, 2.45) is 5.92 Å². The number of ether oxygens (including phenoxy) is 5. The van der Waals surface area contributed by atoms with Crippen molar-refractivity contribution >= 4 is 17.8 Å². The molecule has 0 aromatic rings. The highest BCUT2D eigenvalue weighted by Crippen LogP contribution is 2.28. The van der Waals surface area contributed by atoms with Gasteiger partial charge in [-0.2, -0.15) is 0 Å². The van der Waals surface area contributed by atoms with Gasteiger partial charge in [0.1, 0.15) is 6.10 Å². The van der Waals surface area contributed by atoms with Gasteiger partial charge in [0.05, 0.1) is 38.4 Å². The van der Waals surface area contributed by atoms with Gasteiger partial charge in [0, 0.05) is 18.8 Å². The Balaban J connectivity index is 1.68. The van der Waals surface area contributed by atoms with Crippen LogP contribution in [0.15, 0.2) is 24.8 Å². The molecule has 9 nitrogen and oxygen atoms in total. The van der Waals surface area contributed by atoms with E-state index < -0.39 is 24.0 Å². The molecule has 0 aromatic carbocycles. The molecule has 0 radical (unpaired) electrons. The Hall–Kier alpha value is -2.23. The molecular formula is C17H23NO8. The number of nitrogens with one attached hydrogen (secondary N) is 1. The molecule has 0 saturated carbocycles. The summed E-state index contributed by atoms with van der Waals surface area (Å²) in [6.45, 7) is 3.82. The fourth-order valence-corrected chi connectivity index (χ4v) is 2.52. The summed E-state index contributed by atoms with van der Waals surface area (Å²) in [5, 5.41) is 16.5. The molecule has 0 amide bonds. The molecule has 2 rings (SSSR count). The summed E-state index contributed by atoms with van der Waals surface area (Å²) >= 11 is 0. The third-order valence-electron chi connectivity index (χ3n) is 3.92. The third-order valence-corrected chi connectivity index (χ3v) is 3.92. The van der Waals surface area contributed by atoms with Gasteiger partial charge in [-0.05, 0) is 12.5 Å². The van der Waals surface area contributed by atoms with Gasteiger partial charge in [-0.15, -0.1) is 0 Å². The summed E-state index contributed by atoms with van der Waals surface area (Å²) < 4.78 is 26.1. The van der Waals surface area contributed by atoms with Crippen LogP contribution in [0.25, 0.3) is 0 Å². The SMILES string of the molecule is C=CC(=N)OCC(CO)COC(=O)C=CC(=O)OC1COC2CCOC21. The Bertz CT molecular complexity index is 561. The first-order valence-electron chi connectivity index (χ1n) is 8.26. The average molecular weight is 369 g/mol. The number of carbonyl (C=O) groups excluding carboxylic acids is 2. The van der Waals surface area contributed by atoms with Gasteiger partial charge in [0.25, 0.3) is 0 Å². The zero-order valence-corrected chi connectivity index (χ0v) is 14.3. The van der Waals surface area contributed by atoms with Crippen LogP contribution in [0.3, 0.4) is 0 Å². The molecule has 2 saturated heterocycles. The minimum atomic E-state index is -0.753. The quantitative estimate of drug-likeness (QED) is 0.251. The smallest absolute Gasteiger partial charge is 0.331 e. The van der Waals surface area contributed by atoms with Crippen LogP contribution in [-0.2, 0) is 33.3 Å². The molecule has 2 N–H and O–H groups in total. The molecule has 2 aliphatic rings. The molecule has 0 aromatic heterocycles. The lowest BCUT2D eigenvalue weighted by atomic mass is 10.1. The summed E-state index contributed by atoms with van der Waals surface area (Å²) in [5.41, 5.74) is 0. The van der Waals surface area contributed by atoms with E-state index in [-0.39, 0.29) is 44.5 Å². The van der Waals surface area contributed by atoms with Crippen molar-refractivity contribution in [3.05, 3.63) is 24.8 Å². The van der Waals surface area contributed by atoms with E-state index in [1.807, 2.05) is 0 Å². The summed E-state index contributed by atoms with van der Waals surface area (Å²) in [6, 6.07) is 0. The van der Waals surface area contributed by atoms with Crippen molar-refractivity contribution in [3.63, 3.8) is 0 Å². The topological polar surface area (TPSA) is 124 Å². The summed E-state index contributed by atoms with van der Waals surface area (Å²) in [4.78, 5) is 23.4. The number of rotatable bonds is 9. The first-order valence-corrected chi connectivity index (χ1v) is 8.26. The maximum atomic E-state index is 11.8. The number of hydrogen-bond acceptors (Lipinski definition) is 9. The van der Waals surface area contributed by atoms with Crippen LogP contribution in [0.2, 0.25) is 0 Å². The molecule has 4 atom stereocenters. The van der Waals surface area contributed by atoms with Gasteiger partial charge < -0.3 is 28.8 Å². The first kappa shape index (κ1) is 20.1. The van der Waals surface area contributed by atoms with Crippen molar-refractivity contribution in [1.82, 2.24) is 0 Å². The van der Waals surface area contributed by atoms with Gasteiger partial charge in [0.15, 0.2) is 6.10 Å². The molecule has 9 heteroatoms. The van der Waals surface area contributed by atoms with Crippen molar-refractivity contribution in [1.29, 1.82) is 5.41 Å². The number of esters is 2. The molecule has 26 heavy (non-hydrogen) atoms. The Kier molecular flexibility index (Phi) is 7.76. The van der Waals surface area contributed by atoms with Gasteiger partial charge in [-0.1, -0.05) is 6.58 Å². The zero-order chi connectivity index (χ0) is 18.9. The Morgan fingerprint density at radius 1 is 1.23 bits per heavy atom. The van der Waals surface area contributed by atoms with Crippen molar-refractivity contribution in [2.45, 2.75) is 24.7 Å². The summed E-state index contributed by atoms with van der Waals surface area (Å²) in [7, 11) is 0. The minimum absolute atomic E-state index is 0.00459. The second-order valence-corrected chi connectivity index (χ2v) is 5.86. The Morgan fingerprint density at radius 3 is 2.69 bits per heavy atom. The lowest BCUT2D eigenvalue weighted by Gasteiger charge is -2.15. The largest absolute Gasteiger partial charge is 0.478 e. The standard InChI is InChI=1S/C17H23NO8/c1-2-14(18)24-8-11(7-19)9-25-15(20)3-4-16(21)26-13-10-23-12-5-6-22-17(12)13/h2-4,11-13,17-19H,1,5-10H2. The molecule has 0 bridgehead atoms. The van der Waals surface area contributed by atoms with Gasteiger partial charge in [0.2, 0.25) is 5.90 Å². The van der Waals surface area contributed by atoms with E-state index in [1.54, 1.807) is 0 Å². The van der Waals surface area contributed by atoms with E-state index in [9.17, 15) is 14.7 Å². The number of fused-ring (bicyclic) bond motifs is 1. The van der Waals surface area contributed by atoms with Crippen LogP contribution in [0, 0.1) is 11.3 Å².